The largest absolute Gasteiger partial charge is 0.481 e. The number of amides is 1. The minimum absolute atomic E-state index is 0.0644. The highest BCUT2D eigenvalue weighted by atomic mass is 16.4. The van der Waals surface area contributed by atoms with Gasteiger partial charge in [0.25, 0.3) is 0 Å². The molecule has 108 valence electrons. The molecule has 0 aromatic heterocycles. The number of hydrogen-bond donors (Lipinski definition) is 3. The van der Waals surface area contributed by atoms with E-state index in [-0.39, 0.29) is 17.9 Å². The maximum atomic E-state index is 12.0. The van der Waals surface area contributed by atoms with Crippen molar-refractivity contribution in [3.8, 4) is 0 Å². The quantitative estimate of drug-likeness (QED) is 0.746. The highest BCUT2D eigenvalue weighted by Gasteiger charge is 2.31. The smallest absolute Gasteiger partial charge is 0.306 e. The Morgan fingerprint density at radius 1 is 1.30 bits per heavy atom. The highest BCUT2D eigenvalue weighted by molar-refractivity contribution is 5.82. The lowest BCUT2D eigenvalue weighted by Crippen LogP contribution is -2.45. The summed E-state index contributed by atoms with van der Waals surface area (Å²) in [5.41, 5.74) is 6.91. The number of carboxylic acid groups (broad SMARTS) is 1. The lowest BCUT2D eigenvalue weighted by molar-refractivity contribution is -0.141. The molecule has 1 saturated carbocycles. The van der Waals surface area contributed by atoms with Gasteiger partial charge in [-0.25, -0.2) is 0 Å². The molecule has 0 saturated heterocycles. The minimum Gasteiger partial charge on any atom is -0.481 e. The molecule has 0 radical (unpaired) electrons. The predicted molar refractivity (Wildman–Crippen MR) is 75.0 cm³/mol. The van der Waals surface area contributed by atoms with Crippen molar-refractivity contribution in [2.24, 2.45) is 11.7 Å². The fourth-order valence-corrected chi connectivity index (χ4v) is 2.61. The number of carbonyl (C=O) groups excluding carboxylic acids is 1. The maximum absolute atomic E-state index is 12.0. The van der Waals surface area contributed by atoms with E-state index in [4.69, 9.17) is 10.8 Å². The predicted octanol–water partition coefficient (Wildman–Crippen LogP) is 0.926. The SMILES string of the molecule is NC(Cc1ccccc1)C(=O)NC1CCC(C(=O)O)C1. The fourth-order valence-electron chi connectivity index (χ4n) is 2.61. The van der Waals surface area contributed by atoms with Crippen molar-refractivity contribution in [3.05, 3.63) is 35.9 Å². The molecule has 0 heterocycles. The molecule has 5 nitrogen and oxygen atoms in total. The van der Waals surface area contributed by atoms with Crippen molar-refractivity contribution >= 4 is 11.9 Å². The molecule has 3 unspecified atom stereocenters. The Bertz CT molecular complexity index is 475. The zero-order valence-corrected chi connectivity index (χ0v) is 11.3. The van der Waals surface area contributed by atoms with E-state index < -0.39 is 12.0 Å². The molecule has 1 aromatic rings. The van der Waals surface area contributed by atoms with Gasteiger partial charge in [0, 0.05) is 6.04 Å². The van der Waals surface area contributed by atoms with Gasteiger partial charge in [0.2, 0.25) is 5.91 Å². The number of carboxylic acids is 1. The Hall–Kier alpha value is -1.88. The molecule has 4 N–H and O–H groups in total. The maximum Gasteiger partial charge on any atom is 0.306 e. The lowest BCUT2D eigenvalue weighted by Gasteiger charge is -2.17. The first-order chi connectivity index (χ1) is 9.56. The molecule has 0 bridgehead atoms. The van der Waals surface area contributed by atoms with Crippen molar-refractivity contribution in [2.45, 2.75) is 37.8 Å². The molecule has 0 aliphatic heterocycles. The summed E-state index contributed by atoms with van der Waals surface area (Å²) in [7, 11) is 0. The average molecular weight is 276 g/mol. The van der Waals surface area contributed by atoms with Crippen LogP contribution in [0.25, 0.3) is 0 Å². The Labute approximate surface area is 118 Å². The first-order valence-electron chi connectivity index (χ1n) is 6.89. The van der Waals surface area contributed by atoms with Crippen LogP contribution in [-0.4, -0.2) is 29.1 Å². The van der Waals surface area contributed by atoms with Crippen LogP contribution in [0.1, 0.15) is 24.8 Å². The van der Waals surface area contributed by atoms with Gasteiger partial charge in [-0.15, -0.1) is 0 Å². The molecular formula is C15H20N2O3. The molecule has 5 heteroatoms. The number of nitrogens with two attached hydrogens (primary N) is 1. The summed E-state index contributed by atoms with van der Waals surface area (Å²) >= 11 is 0. The van der Waals surface area contributed by atoms with Gasteiger partial charge in [-0.2, -0.15) is 0 Å². The van der Waals surface area contributed by atoms with Crippen LogP contribution in [0.15, 0.2) is 30.3 Å². The normalized spacial score (nSPS) is 23.2. The summed E-state index contributed by atoms with van der Waals surface area (Å²) in [6.45, 7) is 0. The number of hydrogen-bond acceptors (Lipinski definition) is 3. The van der Waals surface area contributed by atoms with Crippen molar-refractivity contribution in [2.75, 3.05) is 0 Å². The lowest BCUT2D eigenvalue weighted by atomic mass is 10.1. The second-order valence-electron chi connectivity index (χ2n) is 5.35. The average Bonchev–Trinajstić information content (AvgIpc) is 2.88. The van der Waals surface area contributed by atoms with Crippen LogP contribution in [0.2, 0.25) is 0 Å². The van der Waals surface area contributed by atoms with Crippen molar-refractivity contribution in [1.82, 2.24) is 5.32 Å². The van der Waals surface area contributed by atoms with Crippen LogP contribution in [-0.2, 0) is 16.0 Å². The summed E-state index contributed by atoms with van der Waals surface area (Å²) in [5.74, 6) is -1.33. The summed E-state index contributed by atoms with van der Waals surface area (Å²) in [5, 5.41) is 11.8. The first kappa shape index (κ1) is 14.5. The molecular weight excluding hydrogens is 256 g/mol. The Kier molecular flexibility index (Phi) is 4.74. The molecule has 1 aliphatic rings. The van der Waals surface area contributed by atoms with Crippen LogP contribution in [0.3, 0.4) is 0 Å². The third kappa shape index (κ3) is 3.81. The number of benzene rings is 1. The summed E-state index contributed by atoms with van der Waals surface area (Å²) in [6.07, 6.45) is 2.32. The molecule has 1 aliphatic carbocycles. The molecule has 1 amide bonds. The number of aliphatic carboxylic acids is 1. The zero-order valence-electron chi connectivity index (χ0n) is 11.3. The van der Waals surface area contributed by atoms with E-state index in [1.807, 2.05) is 30.3 Å². The van der Waals surface area contributed by atoms with Crippen LogP contribution in [0.4, 0.5) is 0 Å². The van der Waals surface area contributed by atoms with E-state index in [1.54, 1.807) is 0 Å². The third-order valence-corrected chi connectivity index (χ3v) is 3.76. The van der Waals surface area contributed by atoms with E-state index in [1.165, 1.54) is 0 Å². The monoisotopic (exact) mass is 276 g/mol. The molecule has 20 heavy (non-hydrogen) atoms. The molecule has 1 aromatic carbocycles. The van der Waals surface area contributed by atoms with E-state index in [9.17, 15) is 9.59 Å². The van der Waals surface area contributed by atoms with E-state index in [2.05, 4.69) is 5.32 Å². The fraction of sp³-hybridized carbons (Fsp3) is 0.467. The second-order valence-corrected chi connectivity index (χ2v) is 5.35. The summed E-state index contributed by atoms with van der Waals surface area (Å²) in [4.78, 5) is 22.9. The van der Waals surface area contributed by atoms with Crippen molar-refractivity contribution in [1.29, 1.82) is 0 Å². The van der Waals surface area contributed by atoms with Crippen LogP contribution in [0.5, 0.6) is 0 Å². The second kappa shape index (κ2) is 6.52. The summed E-state index contributed by atoms with van der Waals surface area (Å²) < 4.78 is 0. The summed E-state index contributed by atoms with van der Waals surface area (Å²) in [6, 6.07) is 8.95. The van der Waals surface area contributed by atoms with Gasteiger partial charge in [0.1, 0.15) is 0 Å². The van der Waals surface area contributed by atoms with Gasteiger partial charge in [-0.1, -0.05) is 30.3 Å². The van der Waals surface area contributed by atoms with Gasteiger partial charge in [0.15, 0.2) is 0 Å². The van der Waals surface area contributed by atoms with E-state index in [0.717, 1.165) is 5.56 Å². The van der Waals surface area contributed by atoms with Gasteiger partial charge in [-0.3, -0.25) is 9.59 Å². The van der Waals surface area contributed by atoms with Crippen LogP contribution < -0.4 is 11.1 Å². The Balaban J connectivity index is 1.81. The van der Waals surface area contributed by atoms with Gasteiger partial charge < -0.3 is 16.2 Å². The van der Waals surface area contributed by atoms with Crippen LogP contribution >= 0.6 is 0 Å². The topological polar surface area (TPSA) is 92.4 Å². The molecule has 1 fully saturated rings. The number of carbonyl (C=O) groups is 2. The minimum atomic E-state index is -0.782. The Morgan fingerprint density at radius 2 is 2.00 bits per heavy atom. The van der Waals surface area contributed by atoms with E-state index >= 15 is 0 Å². The highest BCUT2D eigenvalue weighted by Crippen LogP contribution is 2.25. The van der Waals surface area contributed by atoms with Gasteiger partial charge >= 0.3 is 5.97 Å². The van der Waals surface area contributed by atoms with Crippen LogP contribution in [0, 0.1) is 5.92 Å². The number of nitrogens with one attached hydrogen (secondary N) is 1. The van der Waals surface area contributed by atoms with Crippen molar-refractivity contribution < 1.29 is 14.7 Å². The first-order valence-corrected chi connectivity index (χ1v) is 6.89. The van der Waals surface area contributed by atoms with Gasteiger partial charge in [-0.05, 0) is 31.2 Å². The van der Waals surface area contributed by atoms with Gasteiger partial charge in [0.05, 0.1) is 12.0 Å². The Morgan fingerprint density at radius 3 is 2.60 bits per heavy atom. The molecule has 0 spiro atoms. The molecule has 3 atom stereocenters. The van der Waals surface area contributed by atoms with E-state index in [0.29, 0.717) is 25.7 Å². The zero-order chi connectivity index (χ0) is 14.5. The standard InChI is InChI=1S/C15H20N2O3/c16-13(8-10-4-2-1-3-5-10)14(18)17-12-7-6-11(9-12)15(19)20/h1-5,11-13H,6-9,16H2,(H,17,18)(H,19,20). The number of rotatable bonds is 5. The third-order valence-electron chi connectivity index (χ3n) is 3.76. The van der Waals surface area contributed by atoms with Crippen molar-refractivity contribution in [3.63, 3.8) is 0 Å². The molecule has 2 rings (SSSR count).